The maximum atomic E-state index is 12.9. The molecule has 1 amide bonds. The van der Waals surface area contributed by atoms with Crippen molar-refractivity contribution in [1.82, 2.24) is 0 Å². The molecule has 0 saturated heterocycles. The average molecular weight is 369 g/mol. The molecule has 0 aromatic heterocycles. The van der Waals surface area contributed by atoms with E-state index in [0.717, 1.165) is 35.0 Å². The number of aryl methyl sites for hydroxylation is 2. The van der Waals surface area contributed by atoms with Gasteiger partial charge in [-0.15, -0.1) is 0 Å². The smallest absolute Gasteiger partial charge is 0.416 e. The second kappa shape index (κ2) is 7.82. The minimum Gasteiger partial charge on any atom is -0.489 e. The van der Waals surface area contributed by atoms with Gasteiger partial charge >= 0.3 is 6.18 Å². The van der Waals surface area contributed by atoms with Crippen molar-refractivity contribution >= 4 is 22.7 Å². The molecule has 0 radical (unpaired) electrons. The summed E-state index contributed by atoms with van der Waals surface area (Å²) < 4.78 is 44.5. The van der Waals surface area contributed by atoms with E-state index in [-0.39, 0.29) is 12.3 Å². The molecule has 0 unspecified atom stereocenters. The highest BCUT2D eigenvalue weighted by Crippen LogP contribution is 2.33. The van der Waals surface area contributed by atoms with Crippen molar-refractivity contribution in [2.45, 2.75) is 26.6 Å². The van der Waals surface area contributed by atoms with Crippen LogP contribution in [0.15, 0.2) is 36.4 Å². The SMILES string of the molecule is CSC(=O)Nc1cc(C(F)(F)F)ccc1COc1ccc(C)cc1C. The van der Waals surface area contributed by atoms with Crippen LogP contribution >= 0.6 is 11.8 Å². The number of ether oxygens (including phenoxy) is 1. The van der Waals surface area contributed by atoms with E-state index in [1.807, 2.05) is 32.0 Å². The lowest BCUT2D eigenvalue weighted by Crippen LogP contribution is -2.12. The Labute approximate surface area is 148 Å². The number of anilines is 1. The highest BCUT2D eigenvalue weighted by Gasteiger charge is 2.31. The Hall–Kier alpha value is -2.15. The van der Waals surface area contributed by atoms with E-state index in [9.17, 15) is 18.0 Å². The fraction of sp³-hybridized carbons (Fsp3) is 0.278. The van der Waals surface area contributed by atoms with Crippen LogP contribution in [0.1, 0.15) is 22.3 Å². The predicted molar refractivity (Wildman–Crippen MR) is 94.2 cm³/mol. The molecule has 2 rings (SSSR count). The van der Waals surface area contributed by atoms with Crippen LogP contribution in [-0.2, 0) is 12.8 Å². The lowest BCUT2D eigenvalue weighted by molar-refractivity contribution is -0.137. The quantitative estimate of drug-likeness (QED) is 0.741. The Morgan fingerprint density at radius 2 is 1.88 bits per heavy atom. The summed E-state index contributed by atoms with van der Waals surface area (Å²) in [7, 11) is 0. The summed E-state index contributed by atoms with van der Waals surface area (Å²) in [5.41, 5.74) is 1.77. The van der Waals surface area contributed by atoms with Gasteiger partial charge in [0.1, 0.15) is 12.4 Å². The number of benzene rings is 2. The largest absolute Gasteiger partial charge is 0.489 e. The molecule has 25 heavy (non-hydrogen) atoms. The third-order valence-corrected chi connectivity index (χ3v) is 4.05. The monoisotopic (exact) mass is 369 g/mol. The molecule has 0 bridgehead atoms. The summed E-state index contributed by atoms with van der Waals surface area (Å²) >= 11 is 0.888. The molecule has 0 fully saturated rings. The number of carbonyl (C=O) groups is 1. The van der Waals surface area contributed by atoms with Gasteiger partial charge in [0.05, 0.1) is 5.56 Å². The molecular weight excluding hydrogens is 351 g/mol. The summed E-state index contributed by atoms with van der Waals surface area (Å²) in [4.78, 5) is 11.6. The van der Waals surface area contributed by atoms with Gasteiger partial charge in [-0.25, -0.2) is 0 Å². The van der Waals surface area contributed by atoms with Gasteiger partial charge < -0.3 is 10.1 Å². The fourth-order valence-corrected chi connectivity index (χ4v) is 2.48. The number of hydrogen-bond acceptors (Lipinski definition) is 3. The van der Waals surface area contributed by atoms with Crippen LogP contribution in [0.5, 0.6) is 5.75 Å². The van der Waals surface area contributed by atoms with Crippen molar-refractivity contribution in [2.75, 3.05) is 11.6 Å². The van der Waals surface area contributed by atoms with E-state index < -0.39 is 17.0 Å². The topological polar surface area (TPSA) is 38.3 Å². The summed E-state index contributed by atoms with van der Waals surface area (Å²) in [6.45, 7) is 3.90. The molecule has 0 spiro atoms. The molecule has 0 aliphatic carbocycles. The van der Waals surface area contributed by atoms with Crippen molar-refractivity contribution in [3.63, 3.8) is 0 Å². The van der Waals surface area contributed by atoms with Gasteiger partial charge in [0.25, 0.3) is 5.24 Å². The lowest BCUT2D eigenvalue weighted by Gasteiger charge is -2.16. The third kappa shape index (κ3) is 5.16. The van der Waals surface area contributed by atoms with Gasteiger partial charge in [-0.3, -0.25) is 4.79 Å². The number of halogens is 3. The predicted octanol–water partition coefficient (Wildman–Crippen LogP) is 5.80. The summed E-state index contributed by atoms with van der Waals surface area (Å²) in [6, 6.07) is 8.89. The van der Waals surface area contributed by atoms with E-state index in [0.29, 0.717) is 11.3 Å². The first kappa shape index (κ1) is 19.2. The normalized spacial score (nSPS) is 11.3. The first-order valence-corrected chi connectivity index (χ1v) is 8.68. The van der Waals surface area contributed by atoms with Gasteiger partial charge in [-0.05, 0) is 43.9 Å². The van der Waals surface area contributed by atoms with Crippen molar-refractivity contribution < 1.29 is 22.7 Å². The van der Waals surface area contributed by atoms with E-state index in [2.05, 4.69) is 5.32 Å². The fourth-order valence-electron chi connectivity index (χ4n) is 2.27. The molecule has 2 aromatic carbocycles. The molecule has 0 atom stereocenters. The maximum Gasteiger partial charge on any atom is 0.416 e. The van der Waals surface area contributed by atoms with Crippen LogP contribution in [0.4, 0.5) is 23.7 Å². The van der Waals surface area contributed by atoms with E-state index in [1.54, 1.807) is 6.26 Å². The molecule has 3 nitrogen and oxygen atoms in total. The average Bonchev–Trinajstić information content (AvgIpc) is 2.53. The first-order valence-electron chi connectivity index (χ1n) is 7.46. The number of rotatable bonds is 4. The van der Waals surface area contributed by atoms with Crippen molar-refractivity contribution in [2.24, 2.45) is 0 Å². The van der Waals surface area contributed by atoms with Gasteiger partial charge in [0.2, 0.25) is 0 Å². The third-order valence-electron chi connectivity index (χ3n) is 3.57. The molecule has 0 saturated carbocycles. The first-order chi connectivity index (χ1) is 11.7. The Bertz CT molecular complexity index is 775. The van der Waals surface area contributed by atoms with Crippen LogP contribution < -0.4 is 10.1 Å². The zero-order valence-corrected chi connectivity index (χ0v) is 14.8. The summed E-state index contributed by atoms with van der Waals surface area (Å²) in [5.74, 6) is 0.646. The summed E-state index contributed by atoms with van der Waals surface area (Å²) in [5, 5.41) is 2.04. The molecule has 0 aliphatic heterocycles. The molecule has 2 aromatic rings. The van der Waals surface area contributed by atoms with E-state index in [1.165, 1.54) is 6.07 Å². The lowest BCUT2D eigenvalue weighted by atomic mass is 10.1. The zero-order valence-electron chi connectivity index (χ0n) is 14.0. The van der Waals surface area contributed by atoms with Crippen LogP contribution in [0, 0.1) is 13.8 Å². The van der Waals surface area contributed by atoms with Crippen LogP contribution in [0.3, 0.4) is 0 Å². The van der Waals surface area contributed by atoms with Crippen molar-refractivity contribution in [1.29, 1.82) is 0 Å². The minimum atomic E-state index is -4.48. The maximum absolute atomic E-state index is 12.9. The molecule has 1 N–H and O–H groups in total. The summed E-state index contributed by atoms with van der Waals surface area (Å²) in [6.07, 6.45) is -2.93. The Morgan fingerprint density at radius 3 is 2.48 bits per heavy atom. The Morgan fingerprint density at radius 1 is 1.16 bits per heavy atom. The van der Waals surface area contributed by atoms with Crippen LogP contribution in [0.25, 0.3) is 0 Å². The van der Waals surface area contributed by atoms with Crippen LogP contribution in [0.2, 0.25) is 0 Å². The molecular formula is C18H18F3NO2S. The van der Waals surface area contributed by atoms with Gasteiger partial charge in [-0.1, -0.05) is 35.5 Å². The van der Waals surface area contributed by atoms with Crippen molar-refractivity contribution in [3.05, 3.63) is 58.7 Å². The van der Waals surface area contributed by atoms with Crippen molar-refractivity contribution in [3.8, 4) is 5.75 Å². The molecule has 134 valence electrons. The number of carbonyl (C=O) groups excluding carboxylic acids is 1. The number of thioether (sulfide) groups is 1. The number of alkyl halides is 3. The Kier molecular flexibility index (Phi) is 6.00. The number of hydrogen-bond donors (Lipinski definition) is 1. The van der Waals surface area contributed by atoms with Crippen LogP contribution in [-0.4, -0.2) is 11.5 Å². The minimum absolute atomic E-state index is 0.0477. The van der Waals surface area contributed by atoms with E-state index in [4.69, 9.17) is 4.74 Å². The van der Waals surface area contributed by atoms with E-state index >= 15 is 0 Å². The highest BCUT2D eigenvalue weighted by molar-refractivity contribution is 8.13. The Balaban J connectivity index is 2.27. The van der Waals surface area contributed by atoms with Gasteiger partial charge in [-0.2, -0.15) is 13.2 Å². The molecule has 7 heteroatoms. The number of nitrogens with one attached hydrogen (secondary N) is 1. The number of amides is 1. The second-order valence-electron chi connectivity index (χ2n) is 5.54. The molecule has 0 aliphatic rings. The molecule has 0 heterocycles. The standard InChI is InChI=1S/C18H18F3NO2S/c1-11-4-7-16(12(2)8-11)24-10-13-5-6-14(18(19,20)21)9-15(13)22-17(23)25-3/h4-9H,10H2,1-3H3,(H,22,23). The van der Waals surface area contributed by atoms with Gasteiger partial charge in [0.15, 0.2) is 0 Å². The van der Waals surface area contributed by atoms with Gasteiger partial charge in [0, 0.05) is 11.3 Å². The zero-order chi connectivity index (χ0) is 18.6. The second-order valence-corrected chi connectivity index (χ2v) is 6.32. The highest BCUT2D eigenvalue weighted by atomic mass is 32.2.